The summed E-state index contributed by atoms with van der Waals surface area (Å²) in [7, 11) is 0. The Morgan fingerprint density at radius 2 is 0.771 bits per heavy atom. The van der Waals surface area contributed by atoms with E-state index in [4.69, 9.17) is 25.2 Å². The molecule has 6 aromatic carbocycles. The van der Waals surface area contributed by atoms with E-state index in [0.717, 1.165) is 61.1 Å². The first kappa shape index (κ1) is 28.7. The van der Waals surface area contributed by atoms with Crippen molar-refractivity contribution in [1.82, 2.24) is 19.9 Å². The van der Waals surface area contributed by atoms with E-state index in [2.05, 4.69) is 84.9 Å². The summed E-state index contributed by atoms with van der Waals surface area (Å²) < 4.78 is 0. The van der Waals surface area contributed by atoms with Gasteiger partial charge in [-0.05, 0) is 46.5 Å². The minimum absolute atomic E-state index is 0.629. The van der Waals surface area contributed by atoms with E-state index in [-0.39, 0.29) is 0 Å². The number of benzene rings is 6. The normalized spacial score (nSPS) is 10.9. The summed E-state index contributed by atoms with van der Waals surface area (Å²) in [5, 5.41) is 10.2. The molecule has 5 nitrogen and oxygen atoms in total. The first-order valence-corrected chi connectivity index (χ1v) is 15.7. The fourth-order valence-electron chi connectivity index (χ4n) is 5.78. The Morgan fingerprint density at radius 3 is 1.31 bits per heavy atom. The predicted octanol–water partition coefficient (Wildman–Crippen LogP) is 10.3. The smallest absolute Gasteiger partial charge is 0.164 e. The number of aromatic nitrogens is 4. The lowest BCUT2D eigenvalue weighted by Crippen LogP contribution is -2.00. The van der Waals surface area contributed by atoms with Gasteiger partial charge in [-0.3, -0.25) is 0 Å². The minimum atomic E-state index is 0.629. The molecule has 2 heterocycles. The van der Waals surface area contributed by atoms with Gasteiger partial charge in [0.2, 0.25) is 0 Å². The molecule has 0 amide bonds. The molecule has 5 heteroatoms. The monoisotopic (exact) mass is 613 g/mol. The van der Waals surface area contributed by atoms with Gasteiger partial charge < -0.3 is 0 Å². The number of pyridine rings is 1. The van der Waals surface area contributed by atoms with Gasteiger partial charge in [-0.15, -0.1) is 0 Å². The molecule has 0 saturated heterocycles. The van der Waals surface area contributed by atoms with E-state index in [0.29, 0.717) is 23.0 Å². The molecule has 0 atom stereocenters. The van der Waals surface area contributed by atoms with Crippen LogP contribution in [0.4, 0.5) is 0 Å². The third-order valence-corrected chi connectivity index (χ3v) is 8.40. The van der Waals surface area contributed by atoms with E-state index in [1.165, 1.54) is 0 Å². The highest BCUT2D eigenvalue weighted by Crippen LogP contribution is 2.30. The number of hydrogen-bond acceptors (Lipinski definition) is 5. The number of nitrogens with zero attached hydrogens (tertiary/aromatic N) is 5. The van der Waals surface area contributed by atoms with E-state index in [9.17, 15) is 0 Å². The quantitative estimate of drug-likeness (QED) is 0.187. The van der Waals surface area contributed by atoms with Gasteiger partial charge in [0.15, 0.2) is 17.5 Å². The van der Waals surface area contributed by atoms with Gasteiger partial charge >= 0.3 is 0 Å². The number of fused-ring (bicyclic) bond motifs is 1. The molecule has 0 spiro atoms. The summed E-state index contributed by atoms with van der Waals surface area (Å²) in [5.74, 6) is 1.91. The summed E-state index contributed by atoms with van der Waals surface area (Å²) in [5.41, 5.74) is 10.7. The molecule has 0 aliphatic rings. The van der Waals surface area contributed by atoms with E-state index in [1.807, 2.05) is 84.9 Å². The summed E-state index contributed by atoms with van der Waals surface area (Å²) in [6.45, 7) is 0. The zero-order valence-corrected chi connectivity index (χ0v) is 25.8. The van der Waals surface area contributed by atoms with Crippen LogP contribution in [-0.2, 0) is 0 Å². The summed E-state index contributed by atoms with van der Waals surface area (Å²) in [6, 6.07) is 57.1. The number of rotatable bonds is 6. The molecule has 0 N–H and O–H groups in total. The average molecular weight is 614 g/mol. The van der Waals surface area contributed by atoms with Crippen molar-refractivity contribution in [2.75, 3.05) is 0 Å². The standard InChI is InChI=1S/C43H27N5/c44-28-29-11-13-30(14-12-29)31-15-19-33(20-16-31)39-26-25-34-21-24-38(27-40(34)45-39)32-17-22-37(23-18-32)43-47-41(35-7-3-1-4-8-35)46-42(48-43)36-9-5-2-6-10-36/h1-27H. The lowest BCUT2D eigenvalue weighted by atomic mass is 10.00. The molecule has 0 bridgehead atoms. The Kier molecular flexibility index (Phi) is 7.50. The van der Waals surface area contributed by atoms with Crippen molar-refractivity contribution in [3.63, 3.8) is 0 Å². The van der Waals surface area contributed by atoms with Gasteiger partial charge in [-0.2, -0.15) is 5.26 Å². The highest BCUT2D eigenvalue weighted by molar-refractivity contribution is 5.86. The van der Waals surface area contributed by atoms with Crippen LogP contribution in [0.1, 0.15) is 5.56 Å². The van der Waals surface area contributed by atoms with Crippen molar-refractivity contribution in [3.8, 4) is 73.7 Å². The second-order valence-corrected chi connectivity index (χ2v) is 11.5. The SMILES string of the molecule is N#Cc1ccc(-c2ccc(-c3ccc4ccc(-c5ccc(-c6nc(-c7ccccc7)nc(-c7ccccc7)n6)cc5)cc4n3)cc2)cc1. The molecule has 8 aromatic rings. The maximum absolute atomic E-state index is 9.09. The highest BCUT2D eigenvalue weighted by Gasteiger charge is 2.13. The van der Waals surface area contributed by atoms with Gasteiger partial charge in [0, 0.05) is 27.6 Å². The van der Waals surface area contributed by atoms with Crippen LogP contribution >= 0.6 is 0 Å². The van der Waals surface area contributed by atoms with Crippen LogP contribution in [0.2, 0.25) is 0 Å². The van der Waals surface area contributed by atoms with Crippen molar-refractivity contribution in [2.45, 2.75) is 0 Å². The van der Waals surface area contributed by atoms with Crippen LogP contribution in [0.15, 0.2) is 164 Å². The van der Waals surface area contributed by atoms with Crippen molar-refractivity contribution < 1.29 is 0 Å². The summed E-state index contributed by atoms with van der Waals surface area (Å²) >= 11 is 0. The molecular formula is C43H27N5. The third-order valence-electron chi connectivity index (χ3n) is 8.40. The zero-order valence-electron chi connectivity index (χ0n) is 25.8. The average Bonchev–Trinajstić information content (AvgIpc) is 3.18. The van der Waals surface area contributed by atoms with Gasteiger partial charge in [-0.25, -0.2) is 19.9 Å². The molecule has 0 saturated carbocycles. The Morgan fingerprint density at radius 1 is 0.354 bits per heavy atom. The third kappa shape index (κ3) is 5.82. The van der Waals surface area contributed by atoms with Crippen LogP contribution in [-0.4, -0.2) is 19.9 Å². The maximum atomic E-state index is 9.09. The van der Waals surface area contributed by atoms with Gasteiger partial charge in [0.25, 0.3) is 0 Å². The zero-order chi connectivity index (χ0) is 32.3. The molecule has 8 rings (SSSR count). The van der Waals surface area contributed by atoms with Gasteiger partial charge in [-0.1, -0.05) is 140 Å². The minimum Gasteiger partial charge on any atom is -0.248 e. The first-order chi connectivity index (χ1) is 23.7. The van der Waals surface area contributed by atoms with Gasteiger partial charge in [0.05, 0.1) is 22.8 Å². The fourth-order valence-corrected chi connectivity index (χ4v) is 5.78. The number of nitriles is 1. The molecule has 2 aromatic heterocycles. The van der Waals surface area contributed by atoms with E-state index in [1.54, 1.807) is 0 Å². The summed E-state index contributed by atoms with van der Waals surface area (Å²) in [6.07, 6.45) is 0. The van der Waals surface area contributed by atoms with Crippen LogP contribution in [0.3, 0.4) is 0 Å². The molecule has 224 valence electrons. The van der Waals surface area contributed by atoms with Crippen molar-refractivity contribution in [3.05, 3.63) is 169 Å². The van der Waals surface area contributed by atoms with Crippen molar-refractivity contribution in [2.24, 2.45) is 0 Å². The first-order valence-electron chi connectivity index (χ1n) is 15.7. The Hall–Kier alpha value is -6.77. The lowest BCUT2D eigenvalue weighted by Gasteiger charge is -2.10. The largest absolute Gasteiger partial charge is 0.248 e. The topological polar surface area (TPSA) is 75.3 Å². The number of hydrogen-bond donors (Lipinski definition) is 0. The van der Waals surface area contributed by atoms with Crippen molar-refractivity contribution in [1.29, 1.82) is 5.26 Å². The van der Waals surface area contributed by atoms with Crippen molar-refractivity contribution >= 4 is 10.9 Å². The van der Waals surface area contributed by atoms with E-state index < -0.39 is 0 Å². The lowest BCUT2D eigenvalue weighted by molar-refractivity contribution is 1.07. The van der Waals surface area contributed by atoms with Crippen LogP contribution in [0.25, 0.3) is 78.6 Å². The second kappa shape index (κ2) is 12.6. The summed E-state index contributed by atoms with van der Waals surface area (Å²) in [4.78, 5) is 19.6. The molecule has 0 aliphatic carbocycles. The highest BCUT2D eigenvalue weighted by atomic mass is 15.0. The molecule has 48 heavy (non-hydrogen) atoms. The molecule has 0 fully saturated rings. The Bertz CT molecular complexity index is 2360. The van der Waals surface area contributed by atoms with Gasteiger partial charge in [0.1, 0.15) is 0 Å². The Labute approximate surface area is 278 Å². The molecule has 0 aliphatic heterocycles. The molecule has 0 radical (unpaired) electrons. The van der Waals surface area contributed by atoms with Crippen LogP contribution in [0.5, 0.6) is 0 Å². The Balaban J connectivity index is 1.09. The molecule has 0 unspecified atom stereocenters. The fraction of sp³-hybridized carbons (Fsp3) is 0. The van der Waals surface area contributed by atoms with Crippen LogP contribution < -0.4 is 0 Å². The van der Waals surface area contributed by atoms with Crippen LogP contribution in [0, 0.1) is 11.3 Å². The van der Waals surface area contributed by atoms with E-state index >= 15 is 0 Å². The maximum Gasteiger partial charge on any atom is 0.164 e. The second-order valence-electron chi connectivity index (χ2n) is 11.5. The predicted molar refractivity (Wildman–Crippen MR) is 192 cm³/mol. The molecular weight excluding hydrogens is 587 g/mol.